The van der Waals surface area contributed by atoms with E-state index in [4.69, 9.17) is 21.7 Å². The summed E-state index contributed by atoms with van der Waals surface area (Å²) in [5.74, 6) is 0.862. The molecule has 1 unspecified atom stereocenters. The average Bonchev–Trinajstić information content (AvgIpc) is 3.45. The van der Waals surface area contributed by atoms with E-state index < -0.39 is 5.60 Å². The molecule has 0 saturated carbocycles. The van der Waals surface area contributed by atoms with Gasteiger partial charge in [-0.1, -0.05) is 42.3 Å². The van der Waals surface area contributed by atoms with Gasteiger partial charge in [0.1, 0.15) is 0 Å². The van der Waals surface area contributed by atoms with Crippen molar-refractivity contribution in [3.8, 4) is 0 Å². The first-order valence-electron chi connectivity index (χ1n) is 15.6. The molecular formula is C34H39ClN6O2. The number of amides is 1. The highest BCUT2D eigenvalue weighted by Crippen LogP contribution is 2.36. The summed E-state index contributed by atoms with van der Waals surface area (Å²) in [6.07, 6.45) is 9.60. The van der Waals surface area contributed by atoms with Crippen molar-refractivity contribution in [1.29, 1.82) is 0 Å². The van der Waals surface area contributed by atoms with Crippen LogP contribution in [0.15, 0.2) is 66.9 Å². The van der Waals surface area contributed by atoms with Gasteiger partial charge in [-0.15, -0.1) is 0 Å². The van der Waals surface area contributed by atoms with Crippen LogP contribution >= 0.6 is 11.6 Å². The van der Waals surface area contributed by atoms with Gasteiger partial charge in [0.25, 0.3) is 5.91 Å². The third-order valence-corrected chi connectivity index (χ3v) is 9.96. The second-order valence-corrected chi connectivity index (χ2v) is 13.0. The largest absolute Gasteiger partial charge is 0.385 e. The monoisotopic (exact) mass is 598 g/mol. The molecule has 7 rings (SSSR count). The van der Waals surface area contributed by atoms with Crippen molar-refractivity contribution in [1.82, 2.24) is 24.8 Å². The van der Waals surface area contributed by atoms with E-state index in [9.17, 15) is 9.90 Å². The quantitative estimate of drug-likeness (QED) is 0.328. The summed E-state index contributed by atoms with van der Waals surface area (Å²) >= 11 is 6.06. The van der Waals surface area contributed by atoms with Crippen LogP contribution in [0.5, 0.6) is 0 Å². The first-order chi connectivity index (χ1) is 20.9. The van der Waals surface area contributed by atoms with Crippen LogP contribution in [0.4, 0.5) is 5.69 Å². The highest BCUT2D eigenvalue weighted by molar-refractivity contribution is 6.30. The van der Waals surface area contributed by atoms with E-state index >= 15 is 0 Å². The molecule has 2 N–H and O–H groups in total. The van der Waals surface area contributed by atoms with Crippen LogP contribution in [0.2, 0.25) is 5.02 Å². The van der Waals surface area contributed by atoms with Crippen LogP contribution in [0.25, 0.3) is 5.65 Å². The lowest BCUT2D eigenvalue weighted by Crippen LogP contribution is -2.59. The molecule has 4 aromatic rings. The molecule has 0 bridgehead atoms. The molecule has 1 amide bonds. The van der Waals surface area contributed by atoms with Crippen molar-refractivity contribution >= 4 is 28.8 Å². The van der Waals surface area contributed by atoms with Crippen LogP contribution in [-0.2, 0) is 12.0 Å². The summed E-state index contributed by atoms with van der Waals surface area (Å²) in [7, 11) is 0. The standard InChI is InChI=1S/C34H39ClN6O2/c35-28-12-10-27(11-13-28)34(43)16-21-39(22-17-34)29-5-3-20-41-31(29)37-30(38-41)23-25-6-8-26(9-7-25)32(42)40-19-4-15-33(24-40)14-1-2-18-36-33/h3,5-13,20,36,43H,1-2,4,14-19,21-24H2. The van der Waals surface area contributed by atoms with Crippen molar-refractivity contribution in [3.63, 3.8) is 0 Å². The maximum absolute atomic E-state index is 13.4. The molecule has 2 aromatic carbocycles. The highest BCUT2D eigenvalue weighted by atomic mass is 35.5. The molecule has 224 valence electrons. The first kappa shape index (κ1) is 28.3. The van der Waals surface area contributed by atoms with E-state index in [2.05, 4.69) is 16.3 Å². The van der Waals surface area contributed by atoms with Gasteiger partial charge < -0.3 is 20.2 Å². The number of carbonyl (C=O) groups is 1. The number of hydrogen-bond donors (Lipinski definition) is 2. The molecule has 5 heterocycles. The molecule has 0 radical (unpaired) electrons. The van der Waals surface area contributed by atoms with E-state index in [0.29, 0.717) is 37.4 Å². The fourth-order valence-corrected chi connectivity index (χ4v) is 7.36. The molecule has 0 aliphatic carbocycles. The van der Waals surface area contributed by atoms with E-state index in [0.717, 1.165) is 72.7 Å². The van der Waals surface area contributed by atoms with Crippen molar-refractivity contribution in [3.05, 3.63) is 94.4 Å². The summed E-state index contributed by atoms with van der Waals surface area (Å²) < 4.78 is 1.84. The molecule has 2 aromatic heterocycles. The summed E-state index contributed by atoms with van der Waals surface area (Å²) in [6, 6.07) is 19.5. The van der Waals surface area contributed by atoms with Gasteiger partial charge in [-0.05, 0) is 92.6 Å². The van der Waals surface area contributed by atoms with E-state index in [1.807, 2.05) is 70.2 Å². The Morgan fingerprint density at radius 1 is 0.930 bits per heavy atom. The number of halogens is 1. The van der Waals surface area contributed by atoms with Crippen molar-refractivity contribution in [2.45, 2.75) is 62.5 Å². The number of nitrogens with zero attached hydrogens (tertiary/aromatic N) is 5. The second-order valence-electron chi connectivity index (χ2n) is 12.6. The minimum Gasteiger partial charge on any atom is -0.385 e. The summed E-state index contributed by atoms with van der Waals surface area (Å²) in [6.45, 7) is 4.11. The average molecular weight is 599 g/mol. The van der Waals surface area contributed by atoms with Crippen molar-refractivity contribution < 1.29 is 9.90 Å². The van der Waals surface area contributed by atoms with Gasteiger partial charge in [0, 0.05) is 54.9 Å². The van der Waals surface area contributed by atoms with Crippen LogP contribution in [0.1, 0.15) is 72.3 Å². The predicted molar refractivity (Wildman–Crippen MR) is 169 cm³/mol. The molecule has 3 aliphatic rings. The number of piperidine rings is 3. The zero-order valence-corrected chi connectivity index (χ0v) is 25.3. The Kier molecular flexibility index (Phi) is 7.61. The Balaban J connectivity index is 1.02. The molecule has 8 nitrogen and oxygen atoms in total. The maximum Gasteiger partial charge on any atom is 0.253 e. The second kappa shape index (κ2) is 11.6. The number of benzene rings is 2. The van der Waals surface area contributed by atoms with Crippen LogP contribution in [0.3, 0.4) is 0 Å². The molecule has 9 heteroatoms. The topological polar surface area (TPSA) is 86.0 Å². The Morgan fingerprint density at radius 3 is 2.44 bits per heavy atom. The smallest absolute Gasteiger partial charge is 0.253 e. The first-order valence-corrected chi connectivity index (χ1v) is 16.0. The molecule has 1 spiro atoms. The van der Waals surface area contributed by atoms with Crippen LogP contribution in [-0.4, -0.2) is 68.8 Å². The SMILES string of the molecule is O=C(c1ccc(Cc2nc3c(N4CCC(O)(c5ccc(Cl)cc5)CC4)cccn3n2)cc1)N1CCCC2(CCCCN2)C1. The van der Waals surface area contributed by atoms with E-state index in [-0.39, 0.29) is 11.4 Å². The van der Waals surface area contributed by atoms with Crippen LogP contribution in [0, 0.1) is 0 Å². The Hall–Kier alpha value is -3.46. The lowest BCUT2D eigenvalue weighted by atomic mass is 9.81. The summed E-state index contributed by atoms with van der Waals surface area (Å²) in [4.78, 5) is 22.6. The van der Waals surface area contributed by atoms with Gasteiger partial charge >= 0.3 is 0 Å². The number of fused-ring (bicyclic) bond motifs is 1. The van der Waals surface area contributed by atoms with Crippen LogP contribution < -0.4 is 10.2 Å². The summed E-state index contributed by atoms with van der Waals surface area (Å²) in [5.41, 5.74) is 3.80. The molecule has 3 saturated heterocycles. The number of aromatic nitrogens is 3. The van der Waals surface area contributed by atoms with E-state index in [1.165, 1.54) is 12.8 Å². The number of likely N-dealkylation sites (tertiary alicyclic amines) is 1. The lowest BCUT2D eigenvalue weighted by molar-refractivity contribution is 0.0118. The fraction of sp³-hybridized carbons (Fsp3) is 0.441. The van der Waals surface area contributed by atoms with Gasteiger partial charge in [-0.25, -0.2) is 9.50 Å². The van der Waals surface area contributed by atoms with Crippen molar-refractivity contribution in [2.24, 2.45) is 0 Å². The van der Waals surface area contributed by atoms with Crippen molar-refractivity contribution in [2.75, 3.05) is 37.6 Å². The Morgan fingerprint density at radius 2 is 1.70 bits per heavy atom. The third-order valence-electron chi connectivity index (χ3n) is 9.71. The van der Waals surface area contributed by atoms with Gasteiger partial charge in [0.05, 0.1) is 11.3 Å². The lowest BCUT2D eigenvalue weighted by Gasteiger charge is -2.46. The predicted octanol–water partition coefficient (Wildman–Crippen LogP) is 5.21. The minimum absolute atomic E-state index is 0.103. The van der Waals surface area contributed by atoms with Gasteiger partial charge in [0.15, 0.2) is 11.5 Å². The number of pyridine rings is 1. The van der Waals surface area contributed by atoms with Gasteiger partial charge in [-0.3, -0.25) is 4.79 Å². The number of rotatable bonds is 5. The zero-order chi connectivity index (χ0) is 29.4. The number of carbonyl (C=O) groups excluding carboxylic acids is 1. The molecule has 43 heavy (non-hydrogen) atoms. The normalized spacial score (nSPS) is 22.3. The third kappa shape index (κ3) is 5.76. The van der Waals surface area contributed by atoms with Gasteiger partial charge in [-0.2, -0.15) is 5.10 Å². The summed E-state index contributed by atoms with van der Waals surface area (Å²) in [5, 5.41) is 20.5. The molecule has 3 aliphatic heterocycles. The molecule has 3 fully saturated rings. The highest BCUT2D eigenvalue weighted by Gasteiger charge is 2.38. The number of anilines is 1. The molecular weight excluding hydrogens is 560 g/mol. The minimum atomic E-state index is -0.860. The number of nitrogens with one attached hydrogen (secondary N) is 1. The van der Waals surface area contributed by atoms with Gasteiger partial charge in [0.2, 0.25) is 0 Å². The Labute approximate surface area is 257 Å². The Bertz CT molecular complexity index is 1580. The van der Waals surface area contributed by atoms with E-state index in [1.54, 1.807) is 0 Å². The zero-order valence-electron chi connectivity index (χ0n) is 24.5. The fourth-order valence-electron chi connectivity index (χ4n) is 7.24. The maximum atomic E-state index is 13.4. The number of hydrogen-bond acceptors (Lipinski definition) is 6. The molecule has 1 atom stereocenters. The number of aliphatic hydroxyl groups is 1.